The molecule has 6 nitrogen and oxygen atoms in total. The third kappa shape index (κ3) is 3.12. The maximum absolute atomic E-state index is 13.7. The molecule has 2 aliphatic heterocycles. The Bertz CT molecular complexity index is 1240. The Morgan fingerprint density at radius 3 is 2.50 bits per heavy atom. The summed E-state index contributed by atoms with van der Waals surface area (Å²) in [5.41, 5.74) is 1.21. The number of H-pyrrole nitrogens is 1. The van der Waals surface area contributed by atoms with Crippen LogP contribution in [-0.4, -0.2) is 44.1 Å². The van der Waals surface area contributed by atoms with Crippen molar-refractivity contribution in [2.45, 2.75) is 48.9 Å². The molecule has 2 saturated carbocycles. The number of aliphatic carboxylic acids is 1. The number of thiazole rings is 1. The largest absolute Gasteiger partial charge is 0.480 e. The summed E-state index contributed by atoms with van der Waals surface area (Å²) < 4.78 is 0.752. The van der Waals surface area contributed by atoms with Gasteiger partial charge in [0.1, 0.15) is 6.04 Å². The molecule has 178 valence electrons. The van der Waals surface area contributed by atoms with E-state index in [1.54, 1.807) is 23.1 Å². The second-order valence-corrected chi connectivity index (χ2v) is 13.3. The predicted molar refractivity (Wildman–Crippen MR) is 132 cm³/mol. The lowest BCUT2D eigenvalue weighted by Gasteiger charge is -2.43. The average Bonchev–Trinajstić information content (AvgIpc) is 3.51. The highest BCUT2D eigenvalue weighted by molar-refractivity contribution is 8.00. The number of aromatic amines is 1. The van der Waals surface area contributed by atoms with Gasteiger partial charge in [-0.2, -0.15) is 0 Å². The number of hydrogen-bond donors (Lipinski definition) is 2. The summed E-state index contributed by atoms with van der Waals surface area (Å²) in [5, 5.41) is 11.2. The van der Waals surface area contributed by atoms with Crippen LogP contribution in [0.3, 0.4) is 0 Å². The Balaban J connectivity index is 1.42. The molecule has 0 radical (unpaired) electrons. The third-order valence-electron chi connectivity index (χ3n) is 8.21. The summed E-state index contributed by atoms with van der Waals surface area (Å²) in [4.78, 5) is 45.1. The van der Waals surface area contributed by atoms with Crippen molar-refractivity contribution in [2.24, 2.45) is 35.5 Å². The number of imide groups is 1. The second-order valence-electron chi connectivity index (χ2n) is 10.4. The lowest BCUT2D eigenvalue weighted by Crippen LogP contribution is -2.47. The fourth-order valence-electron chi connectivity index (χ4n) is 7.14. The van der Waals surface area contributed by atoms with E-state index in [1.165, 1.54) is 10.4 Å². The number of aromatic nitrogens is 1. The molecule has 9 heteroatoms. The molecular weight excluding hydrogens is 488 g/mol. The van der Waals surface area contributed by atoms with Gasteiger partial charge in [-0.05, 0) is 54.3 Å². The molecule has 1 aromatic heterocycles. The van der Waals surface area contributed by atoms with Gasteiger partial charge in [0, 0.05) is 16.0 Å². The first-order valence-corrected chi connectivity index (χ1v) is 13.9. The number of rotatable bonds is 5. The van der Waals surface area contributed by atoms with Gasteiger partial charge in [-0.3, -0.25) is 14.5 Å². The standard InChI is InChI=1S/C25H26N2O4S3/c1-10(2)8-14(24(30)31)27-22(28)17-12-9-13(18(17)23(27)29)19-16(12)15(11-6-4-3-5-7-11)20-21(33-19)26-25(32)34-20/h3-7,10,12-19H,8-9H2,1-2H3,(H,26,32)(H,30,31). The van der Waals surface area contributed by atoms with Crippen LogP contribution in [0.2, 0.25) is 0 Å². The Morgan fingerprint density at radius 1 is 1.18 bits per heavy atom. The fraction of sp³-hybridized carbons (Fsp3) is 0.520. The number of benzene rings is 1. The van der Waals surface area contributed by atoms with E-state index in [-0.39, 0.29) is 53.1 Å². The summed E-state index contributed by atoms with van der Waals surface area (Å²) in [6, 6.07) is 9.30. The Labute approximate surface area is 211 Å². The molecule has 3 fully saturated rings. The molecule has 6 rings (SSSR count). The quantitative estimate of drug-likeness (QED) is 0.441. The number of likely N-dealkylation sites (tertiary alicyclic amines) is 1. The van der Waals surface area contributed by atoms with Crippen molar-refractivity contribution >= 4 is 53.1 Å². The van der Waals surface area contributed by atoms with Crippen LogP contribution in [0.15, 0.2) is 35.4 Å². The second kappa shape index (κ2) is 8.03. The first-order chi connectivity index (χ1) is 16.3. The molecule has 0 spiro atoms. The normalized spacial score (nSPS) is 34.3. The zero-order chi connectivity index (χ0) is 23.9. The first kappa shape index (κ1) is 22.5. The number of carboxylic acids is 1. The summed E-state index contributed by atoms with van der Waals surface area (Å²) in [6.07, 6.45) is 1.13. The summed E-state index contributed by atoms with van der Waals surface area (Å²) in [7, 11) is 0. The lowest BCUT2D eigenvalue weighted by atomic mass is 9.68. The smallest absolute Gasteiger partial charge is 0.326 e. The molecule has 3 heterocycles. The zero-order valence-electron chi connectivity index (χ0n) is 18.8. The van der Waals surface area contributed by atoms with Crippen molar-refractivity contribution in [1.82, 2.24) is 9.88 Å². The molecule has 2 aromatic rings. The van der Waals surface area contributed by atoms with Crippen molar-refractivity contribution in [2.75, 3.05) is 0 Å². The van der Waals surface area contributed by atoms with Crippen molar-refractivity contribution in [3.63, 3.8) is 0 Å². The highest BCUT2D eigenvalue weighted by Gasteiger charge is 2.70. The van der Waals surface area contributed by atoms with Crippen LogP contribution in [0, 0.1) is 39.5 Å². The number of thioether (sulfide) groups is 1. The van der Waals surface area contributed by atoms with Crippen molar-refractivity contribution < 1.29 is 19.5 Å². The number of fused-ring (bicyclic) bond motifs is 9. The van der Waals surface area contributed by atoms with Crippen LogP contribution >= 0.6 is 35.3 Å². The van der Waals surface area contributed by atoms with Gasteiger partial charge in [-0.25, -0.2) is 4.79 Å². The summed E-state index contributed by atoms with van der Waals surface area (Å²) >= 11 is 8.88. The van der Waals surface area contributed by atoms with Crippen LogP contribution < -0.4 is 0 Å². The van der Waals surface area contributed by atoms with E-state index in [1.807, 2.05) is 32.0 Å². The molecular formula is C25H26N2O4S3. The Morgan fingerprint density at radius 2 is 1.85 bits per heavy atom. The van der Waals surface area contributed by atoms with E-state index >= 15 is 0 Å². The number of carboxylic acid groups (broad SMARTS) is 1. The molecule has 8 unspecified atom stereocenters. The van der Waals surface area contributed by atoms with Crippen LogP contribution in [-0.2, 0) is 14.4 Å². The number of carbonyl (C=O) groups excluding carboxylic acids is 2. The monoisotopic (exact) mass is 514 g/mol. The minimum Gasteiger partial charge on any atom is -0.480 e. The predicted octanol–water partition coefficient (Wildman–Crippen LogP) is 4.78. The first-order valence-electron chi connectivity index (χ1n) is 11.8. The van der Waals surface area contributed by atoms with Crippen LogP contribution in [0.4, 0.5) is 0 Å². The SMILES string of the molecule is CC(C)CC(C(=O)O)N1C(=O)C2C3CC(C2C1=O)C1C(c2ccccc2)c2sc(=S)[nH]c2SC31. The van der Waals surface area contributed by atoms with E-state index in [2.05, 4.69) is 17.1 Å². The van der Waals surface area contributed by atoms with Crippen LogP contribution in [0.25, 0.3) is 0 Å². The summed E-state index contributed by atoms with van der Waals surface area (Å²) in [6.45, 7) is 3.84. The number of hydrogen-bond acceptors (Lipinski definition) is 6. The van der Waals surface area contributed by atoms with Gasteiger partial charge in [0.25, 0.3) is 0 Å². The number of carbonyl (C=O) groups is 3. The highest BCUT2D eigenvalue weighted by atomic mass is 32.2. The zero-order valence-corrected chi connectivity index (χ0v) is 21.3. The van der Waals surface area contributed by atoms with Gasteiger partial charge in [0.2, 0.25) is 11.8 Å². The third-order valence-corrected chi connectivity index (χ3v) is 11.1. The lowest BCUT2D eigenvalue weighted by molar-refractivity contribution is -0.156. The Kier molecular flexibility index (Phi) is 5.31. The van der Waals surface area contributed by atoms with E-state index in [0.29, 0.717) is 0 Å². The fourth-order valence-corrected chi connectivity index (χ4v) is 10.5. The molecule has 34 heavy (non-hydrogen) atoms. The van der Waals surface area contributed by atoms with E-state index < -0.39 is 23.8 Å². The highest BCUT2D eigenvalue weighted by Crippen LogP contribution is 2.68. The van der Waals surface area contributed by atoms with Gasteiger partial charge in [0.15, 0.2) is 3.95 Å². The maximum atomic E-state index is 13.7. The molecule has 8 atom stereocenters. The molecule has 2 aliphatic carbocycles. The van der Waals surface area contributed by atoms with Crippen molar-refractivity contribution in [1.29, 1.82) is 0 Å². The number of nitrogens with zero attached hydrogens (tertiary/aromatic N) is 1. The van der Waals surface area contributed by atoms with Gasteiger partial charge >= 0.3 is 5.97 Å². The molecule has 2 amide bonds. The molecule has 1 saturated heterocycles. The minimum atomic E-state index is -1.09. The van der Waals surface area contributed by atoms with Crippen molar-refractivity contribution in [3.8, 4) is 0 Å². The molecule has 2 bridgehead atoms. The van der Waals surface area contributed by atoms with Gasteiger partial charge in [0.05, 0.1) is 16.9 Å². The number of amides is 2. The summed E-state index contributed by atoms with van der Waals surface area (Å²) in [5.74, 6) is -1.89. The molecule has 4 aliphatic rings. The topological polar surface area (TPSA) is 90.5 Å². The Hall–Kier alpha value is -1.97. The van der Waals surface area contributed by atoms with Crippen LogP contribution in [0.1, 0.15) is 43.0 Å². The van der Waals surface area contributed by atoms with Gasteiger partial charge in [-0.15, -0.1) is 23.1 Å². The van der Waals surface area contributed by atoms with E-state index in [0.717, 1.165) is 20.3 Å². The van der Waals surface area contributed by atoms with Crippen molar-refractivity contribution in [3.05, 3.63) is 44.7 Å². The minimum absolute atomic E-state index is 0.0662. The number of nitrogens with one attached hydrogen (secondary N) is 1. The van der Waals surface area contributed by atoms with E-state index in [9.17, 15) is 19.5 Å². The van der Waals surface area contributed by atoms with Crippen LogP contribution in [0.5, 0.6) is 0 Å². The average molecular weight is 515 g/mol. The van der Waals surface area contributed by atoms with Gasteiger partial charge in [-0.1, -0.05) is 44.2 Å². The molecule has 2 N–H and O–H groups in total. The maximum Gasteiger partial charge on any atom is 0.326 e. The van der Waals surface area contributed by atoms with E-state index in [4.69, 9.17) is 12.2 Å². The molecule has 1 aromatic carbocycles. The van der Waals surface area contributed by atoms with Gasteiger partial charge < -0.3 is 10.1 Å².